The molecule has 0 aliphatic carbocycles. The Balaban J connectivity index is 1.55. The molecule has 0 unspecified atom stereocenters. The Morgan fingerprint density at radius 3 is 2.75 bits per heavy atom. The number of pyridine rings is 1. The van der Waals surface area contributed by atoms with E-state index < -0.39 is 6.61 Å². The molecule has 1 aromatic heterocycles. The number of morpholine rings is 1. The van der Waals surface area contributed by atoms with E-state index in [9.17, 15) is 8.78 Å². The van der Waals surface area contributed by atoms with Gasteiger partial charge in [0.1, 0.15) is 5.75 Å². The maximum atomic E-state index is 12.2. The van der Waals surface area contributed by atoms with Crippen LogP contribution in [0.15, 0.2) is 48.7 Å². The number of hydrogen-bond donors (Lipinski definition) is 0. The number of halogens is 2. The molecular formula is C18H20F2N2O2. The highest BCUT2D eigenvalue weighted by molar-refractivity contribution is 5.29. The van der Waals surface area contributed by atoms with Crippen molar-refractivity contribution >= 4 is 0 Å². The van der Waals surface area contributed by atoms with Gasteiger partial charge in [0.15, 0.2) is 0 Å². The molecule has 0 bridgehead atoms. The van der Waals surface area contributed by atoms with Crippen molar-refractivity contribution in [2.45, 2.75) is 19.1 Å². The maximum Gasteiger partial charge on any atom is 0.387 e. The molecule has 24 heavy (non-hydrogen) atoms. The van der Waals surface area contributed by atoms with Crippen LogP contribution in [0.4, 0.5) is 8.78 Å². The van der Waals surface area contributed by atoms with E-state index in [-0.39, 0.29) is 11.9 Å². The first-order valence-electron chi connectivity index (χ1n) is 7.99. The molecule has 1 aromatic carbocycles. The van der Waals surface area contributed by atoms with E-state index in [1.165, 1.54) is 0 Å². The van der Waals surface area contributed by atoms with Crippen LogP contribution in [0.25, 0.3) is 0 Å². The van der Waals surface area contributed by atoms with Gasteiger partial charge in [0, 0.05) is 37.9 Å². The summed E-state index contributed by atoms with van der Waals surface area (Å²) in [6.45, 7) is 0.438. The molecule has 3 rings (SSSR count). The second-order valence-electron chi connectivity index (χ2n) is 5.68. The number of benzene rings is 1. The van der Waals surface area contributed by atoms with Gasteiger partial charge >= 0.3 is 6.61 Å². The molecule has 4 nitrogen and oxygen atoms in total. The topological polar surface area (TPSA) is 34.6 Å². The molecule has 0 radical (unpaired) electrons. The molecule has 0 amide bonds. The lowest BCUT2D eigenvalue weighted by atomic mass is 10.1. The highest BCUT2D eigenvalue weighted by Crippen LogP contribution is 2.25. The van der Waals surface area contributed by atoms with Crippen LogP contribution in [-0.4, -0.2) is 42.7 Å². The van der Waals surface area contributed by atoms with E-state index in [2.05, 4.69) is 14.6 Å². The van der Waals surface area contributed by atoms with Gasteiger partial charge in [-0.25, -0.2) is 0 Å². The molecule has 1 aliphatic rings. The molecule has 6 heteroatoms. The lowest BCUT2D eigenvalue weighted by Crippen LogP contribution is -2.39. The number of hydrogen-bond acceptors (Lipinski definition) is 4. The van der Waals surface area contributed by atoms with Crippen molar-refractivity contribution in [3.8, 4) is 5.75 Å². The van der Waals surface area contributed by atoms with Crippen LogP contribution < -0.4 is 4.74 Å². The molecule has 1 atom stereocenters. The van der Waals surface area contributed by atoms with Crippen molar-refractivity contribution in [3.63, 3.8) is 0 Å². The summed E-state index contributed by atoms with van der Waals surface area (Å²) in [6.07, 6.45) is 2.65. The third-order valence-corrected chi connectivity index (χ3v) is 4.04. The van der Waals surface area contributed by atoms with Gasteiger partial charge in [-0.2, -0.15) is 8.78 Å². The predicted molar refractivity (Wildman–Crippen MR) is 86.1 cm³/mol. The zero-order chi connectivity index (χ0) is 16.8. The molecule has 1 saturated heterocycles. The highest BCUT2D eigenvalue weighted by Gasteiger charge is 2.22. The van der Waals surface area contributed by atoms with Gasteiger partial charge < -0.3 is 9.47 Å². The minimum Gasteiger partial charge on any atom is -0.435 e. The summed E-state index contributed by atoms with van der Waals surface area (Å²) in [4.78, 5) is 6.68. The first-order chi connectivity index (χ1) is 11.7. The van der Waals surface area contributed by atoms with Crippen molar-refractivity contribution < 1.29 is 18.3 Å². The van der Waals surface area contributed by atoms with E-state index >= 15 is 0 Å². The Labute approximate surface area is 140 Å². The highest BCUT2D eigenvalue weighted by atomic mass is 19.3. The van der Waals surface area contributed by atoms with E-state index in [4.69, 9.17) is 4.74 Å². The van der Waals surface area contributed by atoms with Crippen LogP contribution in [0.2, 0.25) is 0 Å². The van der Waals surface area contributed by atoms with E-state index in [0.29, 0.717) is 6.61 Å². The van der Waals surface area contributed by atoms with Gasteiger partial charge in [0.25, 0.3) is 0 Å². The van der Waals surface area contributed by atoms with E-state index in [0.717, 1.165) is 37.3 Å². The smallest absolute Gasteiger partial charge is 0.387 e. The van der Waals surface area contributed by atoms with Gasteiger partial charge in [-0.15, -0.1) is 0 Å². The fraction of sp³-hybridized carbons (Fsp3) is 0.389. The quantitative estimate of drug-likeness (QED) is 0.812. The molecule has 128 valence electrons. The standard InChI is InChI=1S/C18H20F2N2O2/c19-18(20)24-16-6-4-14(5-7-16)17-13-22(11-12-23-17)10-8-15-3-1-2-9-21-15/h1-7,9,17-18H,8,10-13H2/t17-/m1/s1. The average Bonchev–Trinajstić information content (AvgIpc) is 2.61. The molecular weight excluding hydrogens is 314 g/mol. The summed E-state index contributed by atoms with van der Waals surface area (Å²) in [5.74, 6) is 0.163. The second kappa shape index (κ2) is 8.17. The predicted octanol–water partition coefficient (Wildman–Crippen LogP) is 3.30. The Morgan fingerprint density at radius 2 is 2.04 bits per heavy atom. The largest absolute Gasteiger partial charge is 0.435 e. The van der Waals surface area contributed by atoms with E-state index in [1.54, 1.807) is 30.5 Å². The normalized spacial score (nSPS) is 18.7. The van der Waals surface area contributed by atoms with Crippen LogP contribution in [-0.2, 0) is 11.2 Å². The average molecular weight is 334 g/mol. The first-order valence-corrected chi connectivity index (χ1v) is 7.99. The van der Waals surface area contributed by atoms with E-state index in [1.807, 2.05) is 18.2 Å². The van der Waals surface area contributed by atoms with Crippen molar-refractivity contribution in [3.05, 3.63) is 59.9 Å². The van der Waals surface area contributed by atoms with Gasteiger partial charge in [-0.1, -0.05) is 18.2 Å². The minimum absolute atomic E-state index is 0.0527. The fourth-order valence-corrected chi connectivity index (χ4v) is 2.79. The zero-order valence-corrected chi connectivity index (χ0v) is 13.3. The Morgan fingerprint density at radius 1 is 1.21 bits per heavy atom. The van der Waals surface area contributed by atoms with Crippen LogP contribution in [0.5, 0.6) is 5.75 Å². The summed E-state index contributed by atoms with van der Waals surface area (Å²) in [7, 11) is 0. The molecule has 0 saturated carbocycles. The van der Waals surface area contributed by atoms with Gasteiger partial charge in [-0.05, 0) is 29.8 Å². The van der Waals surface area contributed by atoms with Crippen LogP contribution in [0, 0.1) is 0 Å². The third kappa shape index (κ3) is 4.72. The van der Waals surface area contributed by atoms with Crippen LogP contribution in [0.3, 0.4) is 0 Å². The third-order valence-electron chi connectivity index (χ3n) is 4.04. The number of aromatic nitrogens is 1. The summed E-state index contributed by atoms with van der Waals surface area (Å²) < 4.78 is 34.6. The lowest BCUT2D eigenvalue weighted by molar-refractivity contribution is -0.0500. The molecule has 2 aromatic rings. The molecule has 0 spiro atoms. The summed E-state index contributed by atoms with van der Waals surface area (Å²) >= 11 is 0. The van der Waals surface area contributed by atoms with Gasteiger partial charge in [0.2, 0.25) is 0 Å². The Kier molecular flexibility index (Phi) is 5.72. The number of nitrogens with zero attached hydrogens (tertiary/aromatic N) is 2. The van der Waals surface area contributed by atoms with Crippen LogP contribution >= 0.6 is 0 Å². The SMILES string of the molecule is FC(F)Oc1ccc([C@H]2CN(CCc3ccccn3)CCO2)cc1. The number of alkyl halides is 2. The van der Waals surface area contributed by atoms with Crippen molar-refractivity contribution in [2.75, 3.05) is 26.2 Å². The summed E-state index contributed by atoms with van der Waals surface area (Å²) in [5.41, 5.74) is 2.05. The summed E-state index contributed by atoms with van der Waals surface area (Å²) in [6, 6.07) is 12.6. The molecule has 1 aliphatic heterocycles. The van der Waals surface area contributed by atoms with Crippen molar-refractivity contribution in [2.24, 2.45) is 0 Å². The zero-order valence-electron chi connectivity index (χ0n) is 13.3. The minimum atomic E-state index is -2.80. The van der Waals surface area contributed by atoms with Gasteiger partial charge in [0.05, 0.1) is 12.7 Å². The molecule has 2 heterocycles. The monoisotopic (exact) mass is 334 g/mol. The Bertz CT molecular complexity index is 623. The molecule has 1 fully saturated rings. The first kappa shape index (κ1) is 16.8. The fourth-order valence-electron chi connectivity index (χ4n) is 2.79. The van der Waals surface area contributed by atoms with Crippen LogP contribution in [0.1, 0.15) is 17.4 Å². The van der Waals surface area contributed by atoms with Crippen molar-refractivity contribution in [1.29, 1.82) is 0 Å². The summed E-state index contributed by atoms with van der Waals surface area (Å²) in [5, 5.41) is 0. The Hall–Kier alpha value is -2.05. The van der Waals surface area contributed by atoms with Gasteiger partial charge in [-0.3, -0.25) is 9.88 Å². The number of rotatable bonds is 6. The maximum absolute atomic E-state index is 12.2. The van der Waals surface area contributed by atoms with Crippen molar-refractivity contribution in [1.82, 2.24) is 9.88 Å². The molecule has 0 N–H and O–H groups in total. The second-order valence-corrected chi connectivity index (χ2v) is 5.68. The lowest BCUT2D eigenvalue weighted by Gasteiger charge is -2.33. The number of ether oxygens (including phenoxy) is 2.